The van der Waals surface area contributed by atoms with Crippen molar-refractivity contribution in [2.75, 3.05) is 0 Å². The van der Waals surface area contributed by atoms with Crippen LogP contribution in [0.3, 0.4) is 0 Å². The van der Waals surface area contributed by atoms with Gasteiger partial charge in [0.2, 0.25) is 0 Å². The van der Waals surface area contributed by atoms with E-state index in [-0.39, 0.29) is 17.9 Å². The number of imide groups is 1. The maximum absolute atomic E-state index is 12.4. The normalized spacial score (nSPS) is 15.6. The molecule has 1 fully saturated rings. The van der Waals surface area contributed by atoms with E-state index < -0.39 is 16.9 Å². The average Bonchev–Trinajstić information content (AvgIpc) is 2.85. The maximum Gasteiger partial charge on any atom is 0.329 e. The third-order valence-electron chi connectivity index (χ3n) is 3.84. The number of amides is 3. The third kappa shape index (κ3) is 3.55. The van der Waals surface area contributed by atoms with Crippen molar-refractivity contribution >= 4 is 23.7 Å². The number of urea groups is 1. The van der Waals surface area contributed by atoms with Crippen molar-refractivity contribution in [2.45, 2.75) is 13.5 Å². The van der Waals surface area contributed by atoms with E-state index >= 15 is 0 Å². The first-order chi connectivity index (χ1) is 11.9. The average molecular weight is 337 g/mol. The lowest BCUT2D eigenvalue weighted by Gasteiger charge is -2.11. The van der Waals surface area contributed by atoms with E-state index in [1.807, 2.05) is 31.2 Å². The van der Waals surface area contributed by atoms with Crippen molar-refractivity contribution in [3.63, 3.8) is 0 Å². The Kier molecular flexibility index (Phi) is 4.30. The van der Waals surface area contributed by atoms with E-state index in [1.54, 1.807) is 0 Å². The molecule has 0 aliphatic carbocycles. The maximum atomic E-state index is 12.4. The Morgan fingerprint density at radius 2 is 1.72 bits per heavy atom. The number of nitrogens with one attached hydrogen (secondary N) is 1. The number of nitro groups is 1. The first-order valence-electron chi connectivity index (χ1n) is 7.58. The fourth-order valence-corrected chi connectivity index (χ4v) is 2.45. The van der Waals surface area contributed by atoms with E-state index in [9.17, 15) is 19.7 Å². The molecule has 0 aromatic heterocycles. The van der Waals surface area contributed by atoms with Crippen LogP contribution in [-0.4, -0.2) is 21.8 Å². The second-order valence-corrected chi connectivity index (χ2v) is 5.71. The monoisotopic (exact) mass is 337 g/mol. The zero-order valence-corrected chi connectivity index (χ0v) is 13.4. The van der Waals surface area contributed by atoms with Gasteiger partial charge in [-0.25, -0.2) is 4.79 Å². The lowest BCUT2D eigenvalue weighted by Crippen LogP contribution is -2.30. The summed E-state index contributed by atoms with van der Waals surface area (Å²) in [6.07, 6.45) is 1.50. The molecule has 126 valence electrons. The molecule has 2 aromatic rings. The van der Waals surface area contributed by atoms with Crippen LogP contribution in [0, 0.1) is 17.0 Å². The van der Waals surface area contributed by atoms with Gasteiger partial charge in [0.05, 0.1) is 11.5 Å². The van der Waals surface area contributed by atoms with Crippen LogP contribution in [0.15, 0.2) is 54.2 Å². The predicted octanol–water partition coefficient (Wildman–Crippen LogP) is 3.00. The van der Waals surface area contributed by atoms with Crippen molar-refractivity contribution in [1.82, 2.24) is 10.2 Å². The molecule has 0 saturated carbocycles. The molecule has 7 nitrogen and oxygen atoms in total. The standard InChI is InChI=1S/C18H15N3O4/c1-12-2-4-14(5-3-12)11-20-17(22)16(19-18(20)23)10-13-6-8-15(9-7-13)21(24)25/h2-10H,11H2,1H3,(H,19,23)/b16-10+. The number of hydrogen-bond acceptors (Lipinski definition) is 4. The second-order valence-electron chi connectivity index (χ2n) is 5.71. The van der Waals surface area contributed by atoms with Gasteiger partial charge in [0.1, 0.15) is 5.70 Å². The Morgan fingerprint density at radius 1 is 1.08 bits per heavy atom. The van der Waals surface area contributed by atoms with Gasteiger partial charge in [0.15, 0.2) is 0 Å². The molecule has 25 heavy (non-hydrogen) atoms. The second kappa shape index (κ2) is 6.56. The number of nitrogens with zero attached hydrogens (tertiary/aromatic N) is 2. The molecular formula is C18H15N3O4. The summed E-state index contributed by atoms with van der Waals surface area (Å²) >= 11 is 0. The predicted molar refractivity (Wildman–Crippen MR) is 91.3 cm³/mol. The largest absolute Gasteiger partial charge is 0.329 e. The highest BCUT2D eigenvalue weighted by atomic mass is 16.6. The molecule has 1 heterocycles. The van der Waals surface area contributed by atoms with E-state index in [0.717, 1.165) is 16.0 Å². The van der Waals surface area contributed by atoms with Crippen molar-refractivity contribution in [3.8, 4) is 0 Å². The SMILES string of the molecule is Cc1ccc(CN2C(=O)N/C(=C/c3ccc([N+](=O)[O-])cc3)C2=O)cc1. The molecule has 1 aliphatic heterocycles. The molecule has 1 saturated heterocycles. The van der Waals surface area contributed by atoms with Crippen LogP contribution in [0.5, 0.6) is 0 Å². The van der Waals surface area contributed by atoms with Gasteiger partial charge >= 0.3 is 6.03 Å². The molecule has 7 heteroatoms. The zero-order chi connectivity index (χ0) is 18.0. The molecule has 0 spiro atoms. The highest BCUT2D eigenvalue weighted by Crippen LogP contribution is 2.19. The van der Waals surface area contributed by atoms with Crippen molar-refractivity contribution < 1.29 is 14.5 Å². The summed E-state index contributed by atoms with van der Waals surface area (Å²) in [6, 6.07) is 12.8. The lowest BCUT2D eigenvalue weighted by molar-refractivity contribution is -0.384. The number of benzene rings is 2. The first kappa shape index (κ1) is 16.4. The van der Waals surface area contributed by atoms with Crippen LogP contribution in [0.25, 0.3) is 6.08 Å². The number of rotatable bonds is 4. The van der Waals surface area contributed by atoms with Gasteiger partial charge < -0.3 is 5.32 Å². The van der Waals surface area contributed by atoms with E-state index in [1.165, 1.54) is 30.3 Å². The molecule has 3 rings (SSSR count). The van der Waals surface area contributed by atoms with E-state index in [4.69, 9.17) is 0 Å². The number of hydrogen-bond donors (Lipinski definition) is 1. The van der Waals surface area contributed by atoms with Crippen LogP contribution in [-0.2, 0) is 11.3 Å². The Bertz CT molecular complexity index is 870. The molecular weight excluding hydrogens is 322 g/mol. The number of carbonyl (C=O) groups is 2. The lowest BCUT2D eigenvalue weighted by atomic mass is 10.1. The van der Waals surface area contributed by atoms with Crippen LogP contribution in [0.1, 0.15) is 16.7 Å². The Morgan fingerprint density at radius 3 is 2.32 bits per heavy atom. The van der Waals surface area contributed by atoms with Gasteiger partial charge in [-0.15, -0.1) is 0 Å². The number of nitro benzene ring substituents is 1. The van der Waals surface area contributed by atoms with Crippen LogP contribution in [0.2, 0.25) is 0 Å². The van der Waals surface area contributed by atoms with Gasteiger partial charge in [-0.3, -0.25) is 19.8 Å². The summed E-state index contributed by atoms with van der Waals surface area (Å²) in [6.45, 7) is 2.14. The highest BCUT2D eigenvalue weighted by Gasteiger charge is 2.33. The van der Waals surface area contributed by atoms with E-state index in [2.05, 4.69) is 5.32 Å². The molecule has 2 aromatic carbocycles. The Labute approximate surface area is 143 Å². The molecule has 0 radical (unpaired) electrons. The van der Waals surface area contributed by atoms with Gasteiger partial charge in [-0.1, -0.05) is 29.8 Å². The fourth-order valence-electron chi connectivity index (χ4n) is 2.45. The molecule has 0 atom stereocenters. The zero-order valence-electron chi connectivity index (χ0n) is 13.4. The van der Waals surface area contributed by atoms with Crippen molar-refractivity contribution in [1.29, 1.82) is 0 Å². The van der Waals surface area contributed by atoms with Crippen LogP contribution < -0.4 is 5.32 Å². The van der Waals surface area contributed by atoms with Crippen LogP contribution >= 0.6 is 0 Å². The Balaban J connectivity index is 1.78. The van der Waals surface area contributed by atoms with Gasteiger partial charge in [0.25, 0.3) is 11.6 Å². The first-order valence-corrected chi connectivity index (χ1v) is 7.58. The molecule has 0 unspecified atom stereocenters. The number of non-ortho nitro benzene ring substituents is 1. The minimum atomic E-state index is -0.497. The molecule has 0 bridgehead atoms. The summed E-state index contributed by atoms with van der Waals surface area (Å²) < 4.78 is 0. The fraction of sp³-hybridized carbons (Fsp3) is 0.111. The van der Waals surface area contributed by atoms with Gasteiger partial charge in [-0.05, 0) is 36.3 Å². The summed E-state index contributed by atoms with van der Waals surface area (Å²) in [5.41, 5.74) is 2.65. The van der Waals surface area contributed by atoms with E-state index in [0.29, 0.717) is 5.56 Å². The number of aryl methyl sites for hydroxylation is 1. The minimum Gasteiger partial charge on any atom is -0.303 e. The minimum absolute atomic E-state index is 0.0371. The highest BCUT2D eigenvalue weighted by molar-refractivity contribution is 6.13. The third-order valence-corrected chi connectivity index (χ3v) is 3.84. The summed E-state index contributed by atoms with van der Waals surface area (Å²) in [4.78, 5) is 35.8. The van der Waals surface area contributed by atoms with Gasteiger partial charge in [-0.2, -0.15) is 0 Å². The summed E-state index contributed by atoms with van der Waals surface area (Å²) in [5.74, 6) is -0.427. The van der Waals surface area contributed by atoms with Gasteiger partial charge in [0, 0.05) is 12.1 Å². The molecule has 1 aliphatic rings. The number of carbonyl (C=O) groups excluding carboxylic acids is 2. The summed E-state index contributed by atoms with van der Waals surface area (Å²) in [5, 5.41) is 13.2. The van der Waals surface area contributed by atoms with Crippen molar-refractivity contribution in [2.24, 2.45) is 0 Å². The quantitative estimate of drug-likeness (QED) is 0.402. The molecule has 3 amide bonds. The molecule has 1 N–H and O–H groups in total. The van der Waals surface area contributed by atoms with Crippen molar-refractivity contribution in [3.05, 3.63) is 81.0 Å². The summed E-state index contributed by atoms with van der Waals surface area (Å²) in [7, 11) is 0. The smallest absolute Gasteiger partial charge is 0.303 e. The van der Waals surface area contributed by atoms with Crippen LogP contribution in [0.4, 0.5) is 10.5 Å². The Hall–Kier alpha value is -3.48. The topological polar surface area (TPSA) is 92.6 Å².